The van der Waals surface area contributed by atoms with Crippen molar-refractivity contribution >= 4 is 61.5 Å². The summed E-state index contributed by atoms with van der Waals surface area (Å²) in [7, 11) is 0. The molecule has 12 rings (SSSR count). The molecule has 10 aromatic rings. The summed E-state index contributed by atoms with van der Waals surface area (Å²) in [6.45, 7) is 0. The van der Waals surface area contributed by atoms with Crippen LogP contribution in [0.2, 0.25) is 0 Å². The van der Waals surface area contributed by atoms with Crippen LogP contribution in [0, 0.1) is 0 Å². The van der Waals surface area contributed by atoms with Crippen LogP contribution in [0.3, 0.4) is 0 Å². The summed E-state index contributed by atoms with van der Waals surface area (Å²) in [5, 5.41) is 4.79. The zero-order valence-electron chi connectivity index (χ0n) is 30.3. The van der Waals surface area contributed by atoms with E-state index in [9.17, 15) is 0 Å². The number of hydrogen-bond acceptors (Lipinski definition) is 3. The summed E-state index contributed by atoms with van der Waals surface area (Å²) in [6.07, 6.45) is 0. The van der Waals surface area contributed by atoms with Gasteiger partial charge in [0, 0.05) is 43.6 Å². The Morgan fingerprint density at radius 1 is 0.411 bits per heavy atom. The van der Waals surface area contributed by atoms with E-state index in [1.807, 2.05) is 17.8 Å². The standard InChI is InChI=1S/C53H33NOS/c1-2-14-34(15-3-1)38-17-7-11-23-47(38)54(37-28-30-43-42-20-8-12-24-48(42)55-49(43)33-37)36-27-29-41-40-19-6-9-21-44(40)53(46(41)32-36)45-22-10-13-25-50(45)56-51-31-26-35-16-4-5-18-39(35)52(51)53/h1-33H. The van der Waals surface area contributed by atoms with Crippen LogP contribution in [0.5, 0.6) is 0 Å². The number of rotatable bonds is 4. The van der Waals surface area contributed by atoms with E-state index in [4.69, 9.17) is 4.42 Å². The van der Waals surface area contributed by atoms with E-state index >= 15 is 0 Å². The van der Waals surface area contributed by atoms with Crippen molar-refractivity contribution in [3.05, 3.63) is 222 Å². The van der Waals surface area contributed by atoms with Crippen molar-refractivity contribution in [1.29, 1.82) is 0 Å². The number of benzene rings is 9. The zero-order chi connectivity index (χ0) is 36.8. The molecule has 1 unspecified atom stereocenters. The lowest BCUT2D eigenvalue weighted by molar-refractivity contribution is 0.669. The van der Waals surface area contributed by atoms with Crippen molar-refractivity contribution < 1.29 is 4.42 Å². The quantitative estimate of drug-likeness (QED) is 0.179. The summed E-state index contributed by atoms with van der Waals surface area (Å²) in [4.78, 5) is 5.03. The Labute approximate surface area is 329 Å². The second-order valence-electron chi connectivity index (χ2n) is 14.8. The summed E-state index contributed by atoms with van der Waals surface area (Å²) in [6, 6.07) is 73.3. The third-order valence-corrected chi connectivity index (χ3v) is 13.0. The average Bonchev–Trinajstić information content (AvgIpc) is 3.77. The normalized spacial score (nSPS) is 15.1. The van der Waals surface area contributed by atoms with Crippen molar-refractivity contribution in [2.24, 2.45) is 0 Å². The smallest absolute Gasteiger partial charge is 0.137 e. The maximum Gasteiger partial charge on any atom is 0.137 e. The number of furan rings is 1. The van der Waals surface area contributed by atoms with E-state index < -0.39 is 5.41 Å². The topological polar surface area (TPSA) is 16.4 Å². The van der Waals surface area contributed by atoms with Gasteiger partial charge in [0.1, 0.15) is 11.2 Å². The van der Waals surface area contributed by atoms with Crippen molar-refractivity contribution in [3.63, 3.8) is 0 Å². The maximum absolute atomic E-state index is 6.53. The van der Waals surface area contributed by atoms with Gasteiger partial charge >= 0.3 is 0 Å². The Balaban J connectivity index is 1.18. The lowest BCUT2D eigenvalue weighted by atomic mass is 9.66. The minimum Gasteiger partial charge on any atom is -0.456 e. The summed E-state index contributed by atoms with van der Waals surface area (Å²) >= 11 is 1.89. The second-order valence-corrected chi connectivity index (χ2v) is 15.9. The highest BCUT2D eigenvalue weighted by Gasteiger charge is 2.51. The average molecular weight is 732 g/mol. The maximum atomic E-state index is 6.53. The van der Waals surface area contributed by atoms with Gasteiger partial charge in [0.05, 0.1) is 11.1 Å². The number of anilines is 3. The van der Waals surface area contributed by atoms with Crippen molar-refractivity contribution in [2.45, 2.75) is 15.2 Å². The Bertz CT molecular complexity index is 3200. The van der Waals surface area contributed by atoms with Crippen LogP contribution >= 0.6 is 11.8 Å². The molecule has 3 heteroatoms. The molecule has 1 aliphatic heterocycles. The lowest BCUT2D eigenvalue weighted by Crippen LogP contribution is -2.32. The molecule has 1 spiro atoms. The van der Waals surface area contributed by atoms with Gasteiger partial charge in [-0.2, -0.15) is 0 Å². The first kappa shape index (κ1) is 31.5. The third kappa shape index (κ3) is 4.40. The van der Waals surface area contributed by atoms with Gasteiger partial charge in [-0.1, -0.05) is 157 Å². The van der Waals surface area contributed by atoms with Crippen LogP contribution < -0.4 is 4.90 Å². The summed E-state index contributed by atoms with van der Waals surface area (Å²) in [5.41, 5.74) is 14.7. The molecular formula is C53H33NOS. The van der Waals surface area contributed by atoms with Crippen LogP contribution in [-0.4, -0.2) is 0 Å². The van der Waals surface area contributed by atoms with Gasteiger partial charge < -0.3 is 9.32 Å². The Hall–Kier alpha value is -6.81. The fourth-order valence-electron chi connectivity index (χ4n) is 9.62. The molecule has 56 heavy (non-hydrogen) atoms. The van der Waals surface area contributed by atoms with Crippen molar-refractivity contribution in [2.75, 3.05) is 4.90 Å². The van der Waals surface area contributed by atoms with E-state index in [1.165, 1.54) is 59.5 Å². The lowest BCUT2D eigenvalue weighted by Gasteiger charge is -2.41. The Morgan fingerprint density at radius 3 is 1.98 bits per heavy atom. The predicted octanol–water partition coefficient (Wildman–Crippen LogP) is 14.7. The molecule has 0 saturated heterocycles. The van der Waals surface area contributed by atoms with Gasteiger partial charge in [-0.05, 0) is 98.2 Å². The molecule has 0 N–H and O–H groups in total. The minimum absolute atomic E-state index is 0.534. The molecule has 2 heterocycles. The monoisotopic (exact) mass is 731 g/mol. The predicted molar refractivity (Wildman–Crippen MR) is 233 cm³/mol. The van der Waals surface area contributed by atoms with Crippen molar-refractivity contribution in [3.8, 4) is 22.3 Å². The highest BCUT2D eigenvalue weighted by atomic mass is 32.2. The second kappa shape index (κ2) is 12.1. The van der Waals surface area contributed by atoms with Gasteiger partial charge in [-0.25, -0.2) is 0 Å². The number of para-hydroxylation sites is 2. The highest BCUT2D eigenvalue weighted by Crippen LogP contribution is 2.64. The number of nitrogens with zero attached hydrogens (tertiary/aromatic N) is 1. The summed E-state index contributed by atoms with van der Waals surface area (Å²) in [5.74, 6) is 0. The largest absolute Gasteiger partial charge is 0.456 e. The molecule has 0 saturated carbocycles. The third-order valence-electron chi connectivity index (χ3n) is 11.9. The van der Waals surface area contributed by atoms with Gasteiger partial charge in [0.25, 0.3) is 0 Å². The van der Waals surface area contributed by atoms with Gasteiger partial charge in [0.2, 0.25) is 0 Å². The van der Waals surface area contributed by atoms with Crippen LogP contribution in [0.4, 0.5) is 17.1 Å². The number of fused-ring (bicyclic) bond motifs is 14. The number of hydrogen-bond donors (Lipinski definition) is 0. The highest BCUT2D eigenvalue weighted by molar-refractivity contribution is 7.99. The molecule has 2 nitrogen and oxygen atoms in total. The van der Waals surface area contributed by atoms with E-state index in [1.54, 1.807) is 0 Å². The first-order chi connectivity index (χ1) is 27.8. The molecule has 1 atom stereocenters. The van der Waals surface area contributed by atoms with E-state index in [0.29, 0.717) is 0 Å². The van der Waals surface area contributed by atoms with Gasteiger partial charge in [0.15, 0.2) is 0 Å². The fraction of sp³-hybridized carbons (Fsp3) is 0.0189. The molecular weight excluding hydrogens is 699 g/mol. The van der Waals surface area contributed by atoms with Crippen LogP contribution in [0.25, 0.3) is 55.0 Å². The molecule has 1 aromatic heterocycles. The fourth-order valence-corrected chi connectivity index (χ4v) is 10.8. The molecule has 0 bridgehead atoms. The molecule has 0 radical (unpaired) electrons. The molecule has 262 valence electrons. The van der Waals surface area contributed by atoms with Crippen molar-refractivity contribution in [1.82, 2.24) is 0 Å². The van der Waals surface area contributed by atoms with Crippen LogP contribution in [0.1, 0.15) is 22.3 Å². The molecule has 0 fully saturated rings. The zero-order valence-corrected chi connectivity index (χ0v) is 31.1. The molecule has 0 amide bonds. The Kier molecular flexibility index (Phi) is 6.81. The summed E-state index contributed by atoms with van der Waals surface area (Å²) < 4.78 is 6.53. The van der Waals surface area contributed by atoms with E-state index in [0.717, 1.165) is 44.6 Å². The molecule has 2 aliphatic rings. The SMILES string of the molecule is c1ccc(-c2ccccc2N(c2ccc3c(c2)C2(c4ccccc4Sc4ccc5ccccc5c42)c2ccccc2-3)c2ccc3c(c2)oc2ccccc23)cc1. The van der Waals surface area contributed by atoms with Gasteiger partial charge in [-0.3, -0.25) is 0 Å². The minimum atomic E-state index is -0.534. The molecule has 1 aliphatic carbocycles. The van der Waals surface area contributed by atoms with E-state index in [-0.39, 0.29) is 0 Å². The van der Waals surface area contributed by atoms with Crippen LogP contribution in [0.15, 0.2) is 214 Å². The van der Waals surface area contributed by atoms with Crippen LogP contribution in [-0.2, 0) is 5.41 Å². The molecule has 9 aromatic carbocycles. The van der Waals surface area contributed by atoms with Gasteiger partial charge in [-0.15, -0.1) is 0 Å². The first-order valence-corrected chi connectivity index (χ1v) is 20.0. The first-order valence-electron chi connectivity index (χ1n) is 19.2. The Morgan fingerprint density at radius 2 is 1.07 bits per heavy atom. The van der Waals surface area contributed by atoms with E-state index in [2.05, 4.69) is 199 Å².